The van der Waals surface area contributed by atoms with Gasteiger partial charge in [0.25, 0.3) is 0 Å². The predicted molar refractivity (Wildman–Crippen MR) is 85.7 cm³/mol. The van der Waals surface area contributed by atoms with E-state index in [0.717, 1.165) is 6.54 Å². The van der Waals surface area contributed by atoms with Crippen molar-refractivity contribution in [1.82, 2.24) is 10.3 Å². The molecule has 0 amide bonds. The fourth-order valence-electron chi connectivity index (χ4n) is 2.72. The van der Waals surface area contributed by atoms with Crippen LogP contribution in [0.3, 0.4) is 0 Å². The monoisotopic (exact) mass is 270 g/mol. The van der Waals surface area contributed by atoms with Gasteiger partial charge in [-0.1, -0.05) is 24.3 Å². The molecule has 0 aliphatic carbocycles. The zero-order valence-electron chi connectivity index (χ0n) is 12.3. The normalized spacial score (nSPS) is 22.8. The van der Waals surface area contributed by atoms with Gasteiger partial charge in [0, 0.05) is 37.1 Å². The summed E-state index contributed by atoms with van der Waals surface area (Å²) >= 11 is 0. The van der Waals surface area contributed by atoms with Crippen LogP contribution in [-0.2, 0) is 0 Å². The number of likely N-dealkylation sites (N-methyl/N-ethyl adjacent to an activating group) is 2. The molecule has 4 heteroatoms. The summed E-state index contributed by atoms with van der Waals surface area (Å²) < 4.78 is 0. The fraction of sp³-hybridized carbons (Fsp3) is 0.375. The molecule has 2 heterocycles. The van der Waals surface area contributed by atoms with Crippen LogP contribution in [0.5, 0.6) is 0 Å². The van der Waals surface area contributed by atoms with Gasteiger partial charge in [0.1, 0.15) is 0 Å². The van der Waals surface area contributed by atoms with E-state index >= 15 is 0 Å². The Morgan fingerprint density at radius 1 is 1.40 bits per heavy atom. The third kappa shape index (κ3) is 2.21. The van der Waals surface area contributed by atoms with Crippen LogP contribution in [0, 0.1) is 0 Å². The van der Waals surface area contributed by atoms with Crippen molar-refractivity contribution in [1.29, 1.82) is 0 Å². The Bertz CT molecular complexity index is 549. The lowest BCUT2D eigenvalue weighted by Gasteiger charge is -2.32. The van der Waals surface area contributed by atoms with Crippen LogP contribution in [0.15, 0.2) is 36.6 Å². The van der Waals surface area contributed by atoms with Gasteiger partial charge in [0.15, 0.2) is 0 Å². The standard InChI is InChI=1S/C16H22N4/c1-12(17-2)14-9-8-13-15(18-14)6-4-7-16(13)20-11-5-10-19(20)3/h4-9,11-12,14,17-18H,10H2,1-3H3. The first-order chi connectivity index (χ1) is 9.70. The SMILES string of the molecule is CNC(C)C1C=Cc2c(cccc2N2C=CCN2C)N1. The third-order valence-electron chi connectivity index (χ3n) is 4.10. The molecule has 2 aliphatic heterocycles. The molecule has 0 aromatic heterocycles. The number of nitrogens with one attached hydrogen (secondary N) is 2. The van der Waals surface area contributed by atoms with Gasteiger partial charge in [-0.25, -0.2) is 5.01 Å². The first kappa shape index (κ1) is 13.2. The molecule has 0 saturated heterocycles. The average molecular weight is 270 g/mol. The van der Waals surface area contributed by atoms with Crippen molar-refractivity contribution in [3.63, 3.8) is 0 Å². The number of rotatable bonds is 3. The summed E-state index contributed by atoms with van der Waals surface area (Å²) in [4.78, 5) is 0. The maximum Gasteiger partial charge on any atom is 0.0666 e. The Balaban J connectivity index is 1.93. The van der Waals surface area contributed by atoms with Crippen LogP contribution < -0.4 is 15.6 Å². The van der Waals surface area contributed by atoms with Crippen LogP contribution in [0.2, 0.25) is 0 Å². The summed E-state index contributed by atoms with van der Waals surface area (Å²) in [6.45, 7) is 3.15. The van der Waals surface area contributed by atoms with Crippen molar-refractivity contribution in [2.24, 2.45) is 0 Å². The average Bonchev–Trinajstić information content (AvgIpc) is 2.91. The predicted octanol–water partition coefficient (Wildman–Crippen LogP) is 2.28. The Hall–Kier alpha value is -1.78. The number of hydrogen-bond acceptors (Lipinski definition) is 4. The summed E-state index contributed by atoms with van der Waals surface area (Å²) in [5, 5.41) is 11.3. The first-order valence-corrected chi connectivity index (χ1v) is 7.12. The summed E-state index contributed by atoms with van der Waals surface area (Å²) in [5.74, 6) is 0. The molecule has 2 unspecified atom stereocenters. The minimum atomic E-state index is 0.328. The van der Waals surface area contributed by atoms with E-state index in [9.17, 15) is 0 Å². The maximum absolute atomic E-state index is 3.61. The minimum Gasteiger partial charge on any atom is -0.377 e. The highest BCUT2D eigenvalue weighted by molar-refractivity contribution is 5.82. The minimum absolute atomic E-state index is 0.328. The summed E-state index contributed by atoms with van der Waals surface area (Å²) in [5.41, 5.74) is 3.68. The Kier molecular flexibility index (Phi) is 3.51. The van der Waals surface area contributed by atoms with Crippen LogP contribution in [0.25, 0.3) is 6.08 Å². The molecule has 3 rings (SSSR count). The first-order valence-electron chi connectivity index (χ1n) is 7.12. The summed E-state index contributed by atoms with van der Waals surface area (Å²) in [6.07, 6.45) is 8.78. The van der Waals surface area contributed by atoms with Gasteiger partial charge in [0.05, 0.1) is 11.7 Å². The Morgan fingerprint density at radius 3 is 2.95 bits per heavy atom. The van der Waals surface area contributed by atoms with Crippen molar-refractivity contribution < 1.29 is 0 Å². The van der Waals surface area contributed by atoms with E-state index in [4.69, 9.17) is 0 Å². The van der Waals surface area contributed by atoms with Gasteiger partial charge in [0.2, 0.25) is 0 Å². The number of anilines is 2. The molecule has 20 heavy (non-hydrogen) atoms. The molecule has 0 bridgehead atoms. The lowest BCUT2D eigenvalue weighted by atomic mass is 10.00. The number of hydrazine groups is 1. The summed E-state index contributed by atoms with van der Waals surface area (Å²) in [6, 6.07) is 7.16. The molecule has 1 aromatic rings. The quantitative estimate of drug-likeness (QED) is 0.882. The second-order valence-corrected chi connectivity index (χ2v) is 5.41. The number of hydrogen-bond donors (Lipinski definition) is 2. The molecular formula is C16H22N4. The van der Waals surface area contributed by atoms with Crippen LogP contribution in [-0.4, -0.2) is 37.7 Å². The zero-order valence-corrected chi connectivity index (χ0v) is 12.3. The van der Waals surface area contributed by atoms with Crippen LogP contribution >= 0.6 is 0 Å². The molecule has 4 nitrogen and oxygen atoms in total. The number of fused-ring (bicyclic) bond motifs is 1. The topological polar surface area (TPSA) is 30.5 Å². The summed E-state index contributed by atoms with van der Waals surface area (Å²) in [7, 11) is 4.10. The largest absolute Gasteiger partial charge is 0.377 e. The molecule has 0 radical (unpaired) electrons. The number of benzene rings is 1. The highest BCUT2D eigenvalue weighted by atomic mass is 15.6. The highest BCUT2D eigenvalue weighted by Crippen LogP contribution is 2.34. The molecule has 0 spiro atoms. The van der Waals surface area contributed by atoms with Gasteiger partial charge in [-0.05, 0) is 26.1 Å². The molecule has 0 saturated carbocycles. The van der Waals surface area contributed by atoms with Gasteiger partial charge < -0.3 is 10.6 Å². The van der Waals surface area contributed by atoms with Gasteiger partial charge in [-0.15, -0.1) is 0 Å². The second kappa shape index (κ2) is 5.31. The third-order valence-corrected chi connectivity index (χ3v) is 4.10. The Labute approximate surface area is 120 Å². The zero-order chi connectivity index (χ0) is 14.1. The molecule has 2 atom stereocenters. The van der Waals surface area contributed by atoms with Crippen molar-refractivity contribution in [3.8, 4) is 0 Å². The van der Waals surface area contributed by atoms with Crippen LogP contribution in [0.4, 0.5) is 11.4 Å². The lowest BCUT2D eigenvalue weighted by Crippen LogP contribution is -2.40. The molecular weight excluding hydrogens is 248 g/mol. The van der Waals surface area contributed by atoms with E-state index in [1.165, 1.54) is 16.9 Å². The van der Waals surface area contributed by atoms with Crippen molar-refractivity contribution in [3.05, 3.63) is 42.1 Å². The van der Waals surface area contributed by atoms with E-state index in [2.05, 4.69) is 77.2 Å². The van der Waals surface area contributed by atoms with Gasteiger partial charge in [-0.2, -0.15) is 0 Å². The van der Waals surface area contributed by atoms with Gasteiger partial charge in [-0.3, -0.25) is 5.01 Å². The van der Waals surface area contributed by atoms with E-state index in [-0.39, 0.29) is 0 Å². The Morgan fingerprint density at radius 2 is 2.25 bits per heavy atom. The van der Waals surface area contributed by atoms with Crippen molar-refractivity contribution in [2.45, 2.75) is 19.0 Å². The maximum atomic E-state index is 3.61. The van der Waals surface area contributed by atoms with Crippen LogP contribution in [0.1, 0.15) is 12.5 Å². The molecule has 2 N–H and O–H groups in total. The molecule has 0 fully saturated rings. The number of nitrogens with zero attached hydrogens (tertiary/aromatic N) is 2. The van der Waals surface area contributed by atoms with Crippen molar-refractivity contribution >= 4 is 17.5 Å². The molecule has 2 aliphatic rings. The van der Waals surface area contributed by atoms with E-state index < -0.39 is 0 Å². The molecule has 1 aromatic carbocycles. The second-order valence-electron chi connectivity index (χ2n) is 5.41. The van der Waals surface area contributed by atoms with E-state index in [1.54, 1.807) is 0 Å². The van der Waals surface area contributed by atoms with Gasteiger partial charge >= 0.3 is 0 Å². The lowest BCUT2D eigenvalue weighted by molar-refractivity contribution is 0.396. The van der Waals surface area contributed by atoms with E-state index in [1.807, 2.05) is 7.05 Å². The smallest absolute Gasteiger partial charge is 0.0666 e. The highest BCUT2D eigenvalue weighted by Gasteiger charge is 2.22. The molecule has 106 valence electrons. The van der Waals surface area contributed by atoms with Crippen molar-refractivity contribution in [2.75, 3.05) is 31.0 Å². The fourth-order valence-corrected chi connectivity index (χ4v) is 2.72. The van der Waals surface area contributed by atoms with E-state index in [0.29, 0.717) is 12.1 Å².